The number of ether oxygens (including phenoxy) is 2. The number of nitrogens with zero attached hydrogens (tertiary/aromatic N) is 1. The molecule has 4 nitrogen and oxygen atoms in total. The maximum Gasteiger partial charge on any atom is 0.226 e. The van der Waals surface area contributed by atoms with Gasteiger partial charge in [0.05, 0.1) is 13.2 Å². The first-order chi connectivity index (χ1) is 12.1. The molecule has 1 unspecified atom stereocenters. The molecular formula is C21H29NO3. The van der Waals surface area contributed by atoms with Crippen molar-refractivity contribution in [1.29, 1.82) is 0 Å². The van der Waals surface area contributed by atoms with Crippen molar-refractivity contribution in [1.82, 2.24) is 4.90 Å². The molecule has 3 rings (SSSR count). The molecule has 2 aliphatic carbocycles. The summed E-state index contributed by atoms with van der Waals surface area (Å²) in [7, 11) is 5.31. The number of hydrogen-bond donors (Lipinski definition) is 0. The maximum atomic E-state index is 11.9. The Morgan fingerprint density at radius 3 is 2.64 bits per heavy atom. The second-order valence-electron chi connectivity index (χ2n) is 7.40. The van der Waals surface area contributed by atoms with Gasteiger partial charge in [-0.1, -0.05) is 17.7 Å². The molecule has 0 aliphatic heterocycles. The minimum Gasteiger partial charge on any atom is -0.493 e. The fraction of sp³-hybridized carbons (Fsp3) is 0.571. The van der Waals surface area contributed by atoms with Crippen LogP contribution in [0.3, 0.4) is 0 Å². The molecular weight excluding hydrogens is 314 g/mol. The third kappa shape index (κ3) is 4.36. The number of benzene rings is 1. The molecule has 136 valence electrons. The van der Waals surface area contributed by atoms with Crippen LogP contribution in [0.4, 0.5) is 0 Å². The number of carbonyl (C=O) groups excluding carboxylic acids is 1. The minimum atomic E-state index is 0.173. The predicted octanol–water partition coefficient (Wildman–Crippen LogP) is 4.30. The van der Waals surface area contributed by atoms with Gasteiger partial charge < -0.3 is 14.4 Å². The van der Waals surface area contributed by atoms with Crippen LogP contribution >= 0.6 is 0 Å². The third-order valence-corrected chi connectivity index (χ3v) is 5.33. The van der Waals surface area contributed by atoms with Crippen molar-refractivity contribution in [2.24, 2.45) is 0 Å². The van der Waals surface area contributed by atoms with E-state index >= 15 is 0 Å². The van der Waals surface area contributed by atoms with E-state index in [-0.39, 0.29) is 5.91 Å². The molecule has 0 heterocycles. The van der Waals surface area contributed by atoms with E-state index in [1.165, 1.54) is 24.0 Å². The van der Waals surface area contributed by atoms with E-state index < -0.39 is 0 Å². The van der Waals surface area contributed by atoms with Crippen LogP contribution in [0.2, 0.25) is 0 Å². The van der Waals surface area contributed by atoms with Gasteiger partial charge in [-0.15, -0.1) is 0 Å². The van der Waals surface area contributed by atoms with Crippen LogP contribution in [-0.4, -0.2) is 38.1 Å². The van der Waals surface area contributed by atoms with Crippen molar-refractivity contribution < 1.29 is 14.3 Å². The van der Waals surface area contributed by atoms with Crippen LogP contribution < -0.4 is 9.47 Å². The van der Waals surface area contributed by atoms with Crippen LogP contribution in [0.25, 0.3) is 0 Å². The molecule has 25 heavy (non-hydrogen) atoms. The average Bonchev–Trinajstić information content (AvgIpc) is 3.26. The Kier molecular flexibility index (Phi) is 5.67. The topological polar surface area (TPSA) is 38.8 Å². The number of carbonyl (C=O) groups is 1. The third-order valence-electron chi connectivity index (χ3n) is 5.33. The highest BCUT2D eigenvalue weighted by Crippen LogP contribution is 2.40. The summed E-state index contributed by atoms with van der Waals surface area (Å²) in [6, 6.07) is 6.30. The summed E-state index contributed by atoms with van der Waals surface area (Å²) in [6.45, 7) is 0. The number of amides is 1. The molecule has 0 N–H and O–H groups in total. The first kappa shape index (κ1) is 17.8. The Balaban J connectivity index is 1.67. The maximum absolute atomic E-state index is 11.9. The molecule has 0 radical (unpaired) electrons. The zero-order chi connectivity index (χ0) is 17.8. The predicted molar refractivity (Wildman–Crippen MR) is 99.2 cm³/mol. The van der Waals surface area contributed by atoms with E-state index in [4.69, 9.17) is 9.47 Å². The van der Waals surface area contributed by atoms with E-state index in [9.17, 15) is 4.79 Å². The smallest absolute Gasteiger partial charge is 0.226 e. The SMILES string of the molecule is COc1ccc(C2CC=C(CC(=O)N(C)C)C2)cc1OC1CCCC1. The average molecular weight is 343 g/mol. The molecule has 1 aromatic rings. The van der Waals surface area contributed by atoms with Gasteiger partial charge in [0.25, 0.3) is 0 Å². The summed E-state index contributed by atoms with van der Waals surface area (Å²) < 4.78 is 11.7. The van der Waals surface area contributed by atoms with Crippen LogP contribution in [0, 0.1) is 0 Å². The second-order valence-corrected chi connectivity index (χ2v) is 7.40. The highest BCUT2D eigenvalue weighted by molar-refractivity contribution is 5.78. The van der Waals surface area contributed by atoms with Crippen molar-refractivity contribution in [3.8, 4) is 11.5 Å². The van der Waals surface area contributed by atoms with Gasteiger partial charge in [0.15, 0.2) is 11.5 Å². The fourth-order valence-electron chi connectivity index (χ4n) is 3.77. The Morgan fingerprint density at radius 1 is 1.20 bits per heavy atom. The zero-order valence-corrected chi connectivity index (χ0v) is 15.6. The molecule has 1 amide bonds. The lowest BCUT2D eigenvalue weighted by Crippen LogP contribution is -2.21. The van der Waals surface area contributed by atoms with E-state index in [0.29, 0.717) is 18.4 Å². The van der Waals surface area contributed by atoms with Gasteiger partial charge in [-0.25, -0.2) is 0 Å². The highest BCUT2D eigenvalue weighted by Gasteiger charge is 2.23. The summed E-state index contributed by atoms with van der Waals surface area (Å²) in [5.74, 6) is 2.28. The van der Waals surface area contributed by atoms with Gasteiger partial charge in [-0.2, -0.15) is 0 Å². The molecule has 1 saturated carbocycles. The highest BCUT2D eigenvalue weighted by atomic mass is 16.5. The zero-order valence-electron chi connectivity index (χ0n) is 15.6. The molecule has 1 atom stereocenters. The van der Waals surface area contributed by atoms with E-state index in [1.807, 2.05) is 20.2 Å². The van der Waals surface area contributed by atoms with Crippen molar-refractivity contribution in [3.63, 3.8) is 0 Å². The minimum absolute atomic E-state index is 0.173. The summed E-state index contributed by atoms with van der Waals surface area (Å²) in [6.07, 6.45) is 9.80. The molecule has 1 aromatic carbocycles. The molecule has 0 spiro atoms. The summed E-state index contributed by atoms with van der Waals surface area (Å²) >= 11 is 0. The molecule has 0 saturated heterocycles. The van der Waals surface area contributed by atoms with Crippen molar-refractivity contribution in [3.05, 3.63) is 35.4 Å². The van der Waals surface area contributed by atoms with Crippen LogP contribution in [0.15, 0.2) is 29.8 Å². The summed E-state index contributed by atoms with van der Waals surface area (Å²) in [5.41, 5.74) is 2.52. The second kappa shape index (κ2) is 7.94. The van der Waals surface area contributed by atoms with Gasteiger partial charge >= 0.3 is 0 Å². The molecule has 0 aromatic heterocycles. The lowest BCUT2D eigenvalue weighted by Gasteiger charge is -2.19. The first-order valence-corrected chi connectivity index (χ1v) is 9.29. The Morgan fingerprint density at radius 2 is 1.96 bits per heavy atom. The van der Waals surface area contributed by atoms with Gasteiger partial charge in [0, 0.05) is 20.5 Å². The van der Waals surface area contributed by atoms with E-state index in [2.05, 4.69) is 18.2 Å². The van der Waals surface area contributed by atoms with Gasteiger partial charge in [0.2, 0.25) is 5.91 Å². The number of hydrogen-bond acceptors (Lipinski definition) is 3. The van der Waals surface area contributed by atoms with Crippen molar-refractivity contribution in [2.45, 2.75) is 57.0 Å². The first-order valence-electron chi connectivity index (χ1n) is 9.29. The van der Waals surface area contributed by atoms with Gasteiger partial charge in [0.1, 0.15) is 0 Å². The fourth-order valence-corrected chi connectivity index (χ4v) is 3.77. The van der Waals surface area contributed by atoms with E-state index in [1.54, 1.807) is 12.0 Å². The van der Waals surface area contributed by atoms with Crippen molar-refractivity contribution in [2.75, 3.05) is 21.2 Å². The molecule has 1 fully saturated rings. The Hall–Kier alpha value is -1.97. The molecule has 0 bridgehead atoms. The van der Waals surface area contributed by atoms with Crippen LogP contribution in [0.1, 0.15) is 56.4 Å². The van der Waals surface area contributed by atoms with Gasteiger partial charge in [-0.05, 0) is 62.1 Å². The standard InChI is InChI=1S/C21H29NO3/c1-22(2)21(23)13-15-8-9-16(12-15)17-10-11-19(24-3)20(14-17)25-18-6-4-5-7-18/h8,10-11,14,16,18H,4-7,9,12-13H2,1-3H3. The van der Waals surface area contributed by atoms with Crippen molar-refractivity contribution >= 4 is 5.91 Å². The monoisotopic (exact) mass is 343 g/mol. The molecule has 2 aliphatic rings. The number of methoxy groups -OCH3 is 1. The quantitative estimate of drug-likeness (QED) is 0.723. The summed E-state index contributed by atoms with van der Waals surface area (Å²) in [4.78, 5) is 13.6. The number of allylic oxidation sites excluding steroid dienone is 1. The number of rotatable bonds is 6. The van der Waals surface area contributed by atoms with Crippen LogP contribution in [-0.2, 0) is 4.79 Å². The molecule has 4 heteroatoms. The Labute approximate surface area is 150 Å². The summed E-state index contributed by atoms with van der Waals surface area (Å²) in [5, 5.41) is 0. The lowest BCUT2D eigenvalue weighted by molar-refractivity contribution is -0.127. The van der Waals surface area contributed by atoms with Gasteiger partial charge in [-0.3, -0.25) is 4.79 Å². The normalized spacial score (nSPS) is 20.4. The van der Waals surface area contributed by atoms with E-state index in [0.717, 1.165) is 37.2 Å². The largest absolute Gasteiger partial charge is 0.493 e. The lowest BCUT2D eigenvalue weighted by atomic mass is 9.94. The Bertz CT molecular complexity index is 645. The van der Waals surface area contributed by atoms with Crippen LogP contribution in [0.5, 0.6) is 11.5 Å².